The number of aromatic nitrogens is 1. The Morgan fingerprint density at radius 3 is 2.43 bits per heavy atom. The van der Waals surface area contributed by atoms with Crippen molar-refractivity contribution < 1.29 is 23.1 Å². The molecule has 1 saturated heterocycles. The molecule has 6 nitrogen and oxygen atoms in total. The van der Waals surface area contributed by atoms with Crippen molar-refractivity contribution >= 4 is 12.0 Å². The van der Waals surface area contributed by atoms with Crippen molar-refractivity contribution in [2.75, 3.05) is 19.7 Å². The van der Waals surface area contributed by atoms with Gasteiger partial charge in [0.05, 0.1) is 17.9 Å². The maximum Gasteiger partial charge on any atom is 0.409 e. The maximum absolute atomic E-state index is 13.3. The van der Waals surface area contributed by atoms with Gasteiger partial charge in [0.1, 0.15) is 11.6 Å². The zero-order valence-electron chi connectivity index (χ0n) is 15.5. The second-order valence-corrected chi connectivity index (χ2v) is 6.52. The van der Waals surface area contributed by atoms with Gasteiger partial charge in [0.25, 0.3) is 5.91 Å². The van der Waals surface area contributed by atoms with Gasteiger partial charge in [0, 0.05) is 37.0 Å². The summed E-state index contributed by atoms with van der Waals surface area (Å²) in [5.74, 6) is -1.65. The number of piperidine rings is 1. The Bertz CT molecular complexity index is 830. The lowest BCUT2D eigenvalue weighted by molar-refractivity contribution is 0.0860. The van der Waals surface area contributed by atoms with E-state index >= 15 is 0 Å². The van der Waals surface area contributed by atoms with Crippen molar-refractivity contribution in [2.24, 2.45) is 0 Å². The van der Waals surface area contributed by atoms with Crippen molar-refractivity contribution in [3.63, 3.8) is 0 Å². The van der Waals surface area contributed by atoms with Crippen LogP contribution in [0.1, 0.15) is 30.1 Å². The first kappa shape index (κ1) is 19.7. The van der Waals surface area contributed by atoms with Crippen LogP contribution in [0.2, 0.25) is 0 Å². The van der Waals surface area contributed by atoms with Crippen LogP contribution in [0.3, 0.4) is 0 Å². The molecule has 0 spiro atoms. The van der Waals surface area contributed by atoms with Crippen LogP contribution in [-0.2, 0) is 4.74 Å². The van der Waals surface area contributed by atoms with E-state index in [1.807, 2.05) is 0 Å². The summed E-state index contributed by atoms with van der Waals surface area (Å²) >= 11 is 0. The highest BCUT2D eigenvalue weighted by molar-refractivity contribution is 5.94. The second-order valence-electron chi connectivity index (χ2n) is 6.52. The number of pyridine rings is 1. The fraction of sp³-hybridized carbons (Fsp3) is 0.350. The standard InChI is InChI=1S/C20H21F2N3O3/c1-2-28-20(27)25-7-5-17(6-8-25)24-19(26)13-3-4-18(23-12-13)14-9-15(21)11-16(22)10-14/h3-4,9-12,17H,2,5-8H2,1H3,(H,24,26). The van der Waals surface area contributed by atoms with Gasteiger partial charge in [-0.3, -0.25) is 9.78 Å². The number of carbonyl (C=O) groups is 2. The molecule has 0 unspecified atom stereocenters. The second kappa shape index (κ2) is 8.77. The molecule has 0 atom stereocenters. The van der Waals surface area contributed by atoms with E-state index in [2.05, 4.69) is 10.3 Å². The van der Waals surface area contributed by atoms with E-state index in [1.54, 1.807) is 24.0 Å². The summed E-state index contributed by atoms with van der Waals surface area (Å²) in [5.41, 5.74) is 1.03. The summed E-state index contributed by atoms with van der Waals surface area (Å²) in [4.78, 5) is 29.9. The van der Waals surface area contributed by atoms with Crippen LogP contribution in [0.4, 0.5) is 13.6 Å². The third kappa shape index (κ3) is 4.82. The first-order chi connectivity index (χ1) is 13.5. The van der Waals surface area contributed by atoms with Gasteiger partial charge in [-0.25, -0.2) is 13.6 Å². The lowest BCUT2D eigenvalue weighted by Crippen LogP contribution is -2.46. The zero-order valence-corrected chi connectivity index (χ0v) is 15.5. The number of likely N-dealkylation sites (tertiary alicyclic amines) is 1. The molecule has 1 aromatic carbocycles. The van der Waals surface area contributed by atoms with Gasteiger partial charge in [-0.15, -0.1) is 0 Å². The zero-order chi connectivity index (χ0) is 20.1. The van der Waals surface area contributed by atoms with E-state index in [0.717, 1.165) is 6.07 Å². The van der Waals surface area contributed by atoms with Crippen molar-refractivity contribution in [3.05, 3.63) is 53.7 Å². The van der Waals surface area contributed by atoms with E-state index in [0.29, 0.717) is 49.4 Å². The van der Waals surface area contributed by atoms with Gasteiger partial charge >= 0.3 is 6.09 Å². The van der Waals surface area contributed by atoms with Gasteiger partial charge in [0.2, 0.25) is 0 Å². The number of carbonyl (C=O) groups excluding carboxylic acids is 2. The Labute approximate surface area is 161 Å². The summed E-state index contributed by atoms with van der Waals surface area (Å²) in [6.07, 6.45) is 2.32. The topological polar surface area (TPSA) is 71.5 Å². The number of hydrogen-bond acceptors (Lipinski definition) is 4. The Balaban J connectivity index is 1.57. The lowest BCUT2D eigenvalue weighted by atomic mass is 10.0. The largest absolute Gasteiger partial charge is 0.450 e. The minimum Gasteiger partial charge on any atom is -0.450 e. The Morgan fingerprint density at radius 1 is 1.18 bits per heavy atom. The van der Waals surface area contributed by atoms with Crippen LogP contribution >= 0.6 is 0 Å². The van der Waals surface area contributed by atoms with Crippen LogP contribution < -0.4 is 5.32 Å². The maximum atomic E-state index is 13.3. The Morgan fingerprint density at radius 2 is 1.86 bits per heavy atom. The number of benzene rings is 1. The molecule has 1 N–H and O–H groups in total. The monoisotopic (exact) mass is 389 g/mol. The van der Waals surface area contributed by atoms with Crippen molar-refractivity contribution in [1.82, 2.24) is 15.2 Å². The molecule has 1 aromatic heterocycles. The molecule has 2 aromatic rings. The van der Waals surface area contributed by atoms with E-state index < -0.39 is 11.6 Å². The average molecular weight is 389 g/mol. The highest BCUT2D eigenvalue weighted by Crippen LogP contribution is 2.20. The summed E-state index contributed by atoms with van der Waals surface area (Å²) in [6, 6.07) is 6.22. The van der Waals surface area contributed by atoms with Crippen LogP contribution in [0.25, 0.3) is 11.3 Å². The number of nitrogens with one attached hydrogen (secondary N) is 1. The first-order valence-electron chi connectivity index (χ1n) is 9.11. The van der Waals surface area contributed by atoms with Gasteiger partial charge in [-0.2, -0.15) is 0 Å². The summed E-state index contributed by atoms with van der Waals surface area (Å²) < 4.78 is 31.6. The van der Waals surface area contributed by atoms with Gasteiger partial charge < -0.3 is 15.0 Å². The van der Waals surface area contributed by atoms with Crippen LogP contribution in [0, 0.1) is 11.6 Å². The third-order valence-corrected chi connectivity index (χ3v) is 4.54. The molecular weight excluding hydrogens is 368 g/mol. The summed E-state index contributed by atoms with van der Waals surface area (Å²) in [7, 11) is 0. The fourth-order valence-corrected chi connectivity index (χ4v) is 3.09. The molecule has 8 heteroatoms. The quantitative estimate of drug-likeness (QED) is 0.870. The number of amides is 2. The van der Waals surface area contributed by atoms with Crippen molar-refractivity contribution in [1.29, 1.82) is 0 Å². The number of rotatable bonds is 4. The molecule has 1 aliphatic rings. The van der Waals surface area contributed by atoms with E-state index in [4.69, 9.17) is 4.74 Å². The van der Waals surface area contributed by atoms with Crippen molar-refractivity contribution in [3.8, 4) is 11.3 Å². The van der Waals surface area contributed by atoms with Crippen LogP contribution in [-0.4, -0.2) is 47.6 Å². The normalized spacial score (nSPS) is 14.6. The molecule has 2 amide bonds. The molecule has 1 aliphatic heterocycles. The molecule has 2 heterocycles. The Hall–Kier alpha value is -3.03. The predicted molar refractivity (Wildman–Crippen MR) is 98.7 cm³/mol. The van der Waals surface area contributed by atoms with Gasteiger partial charge in [0.15, 0.2) is 0 Å². The SMILES string of the molecule is CCOC(=O)N1CCC(NC(=O)c2ccc(-c3cc(F)cc(F)c3)nc2)CC1. The fourth-order valence-electron chi connectivity index (χ4n) is 3.09. The molecule has 3 rings (SSSR count). The van der Waals surface area contributed by atoms with Gasteiger partial charge in [-0.05, 0) is 44.0 Å². The van der Waals surface area contributed by atoms with Crippen LogP contribution in [0.15, 0.2) is 36.5 Å². The molecule has 0 saturated carbocycles. The smallest absolute Gasteiger partial charge is 0.409 e. The predicted octanol–water partition coefficient (Wildman–Crippen LogP) is 3.38. The minimum absolute atomic E-state index is 0.0461. The Kier molecular flexibility index (Phi) is 6.18. The average Bonchev–Trinajstić information content (AvgIpc) is 2.68. The van der Waals surface area contributed by atoms with Crippen LogP contribution in [0.5, 0.6) is 0 Å². The van der Waals surface area contributed by atoms with Crippen molar-refractivity contribution in [2.45, 2.75) is 25.8 Å². The molecule has 1 fully saturated rings. The third-order valence-electron chi connectivity index (χ3n) is 4.54. The highest BCUT2D eigenvalue weighted by atomic mass is 19.1. The number of halogens is 2. The molecule has 28 heavy (non-hydrogen) atoms. The minimum atomic E-state index is -0.687. The van der Waals surface area contributed by atoms with E-state index in [-0.39, 0.29) is 18.0 Å². The molecular formula is C20H21F2N3O3. The lowest BCUT2D eigenvalue weighted by Gasteiger charge is -2.31. The summed E-state index contributed by atoms with van der Waals surface area (Å²) in [5, 5.41) is 2.93. The number of ether oxygens (including phenoxy) is 1. The summed E-state index contributed by atoms with van der Waals surface area (Å²) in [6.45, 7) is 3.13. The first-order valence-corrected chi connectivity index (χ1v) is 9.11. The number of hydrogen-bond donors (Lipinski definition) is 1. The highest BCUT2D eigenvalue weighted by Gasteiger charge is 2.24. The molecule has 148 valence electrons. The molecule has 0 bridgehead atoms. The van der Waals surface area contributed by atoms with E-state index in [1.165, 1.54) is 18.3 Å². The number of nitrogens with zero attached hydrogens (tertiary/aromatic N) is 2. The van der Waals surface area contributed by atoms with Gasteiger partial charge in [-0.1, -0.05) is 0 Å². The molecule has 0 radical (unpaired) electrons. The van der Waals surface area contributed by atoms with E-state index in [9.17, 15) is 18.4 Å². The molecule has 0 aliphatic carbocycles.